The quantitative estimate of drug-likeness (QED) is 0.672. The molecule has 0 bridgehead atoms. The molecule has 0 aromatic heterocycles. The van der Waals surface area contributed by atoms with Crippen LogP contribution in [0.1, 0.15) is 5.56 Å². The van der Waals surface area contributed by atoms with Crippen molar-refractivity contribution >= 4 is 23.4 Å². The summed E-state index contributed by atoms with van der Waals surface area (Å²) in [5.41, 5.74) is 7.70. The summed E-state index contributed by atoms with van der Waals surface area (Å²) in [5, 5.41) is 0. The first-order chi connectivity index (χ1) is 9.06. The van der Waals surface area contributed by atoms with Gasteiger partial charge >= 0.3 is 0 Å². The third-order valence-corrected chi connectivity index (χ3v) is 4.56. The van der Waals surface area contributed by atoms with E-state index in [1.54, 1.807) is 11.8 Å². The largest absolute Gasteiger partial charge is 0.399 e. The topological polar surface area (TPSA) is 49.6 Å². The van der Waals surface area contributed by atoms with Gasteiger partial charge in [-0.2, -0.15) is 0 Å². The van der Waals surface area contributed by atoms with Gasteiger partial charge in [0.25, 0.3) is 0 Å². The number of rotatable bonds is 3. The molecule has 0 aliphatic carbocycles. The van der Waals surface area contributed by atoms with Gasteiger partial charge in [0.2, 0.25) is 5.91 Å². The van der Waals surface area contributed by atoms with Crippen molar-refractivity contribution in [2.24, 2.45) is 0 Å². The highest BCUT2D eigenvalue weighted by Crippen LogP contribution is 2.25. The lowest BCUT2D eigenvalue weighted by Crippen LogP contribution is -2.47. The normalized spacial score (nSPS) is 16.6. The highest BCUT2D eigenvalue weighted by atomic mass is 32.2. The van der Waals surface area contributed by atoms with E-state index in [4.69, 9.17) is 5.73 Å². The molecule has 0 spiro atoms. The molecule has 5 heteroatoms. The van der Waals surface area contributed by atoms with Crippen LogP contribution in [-0.2, 0) is 4.79 Å². The van der Waals surface area contributed by atoms with E-state index in [0.717, 1.165) is 36.8 Å². The second-order valence-corrected chi connectivity index (χ2v) is 6.01. The molecular weight excluding hydrogens is 258 g/mol. The minimum Gasteiger partial charge on any atom is -0.399 e. The number of hydrogen-bond donors (Lipinski definition) is 1. The van der Waals surface area contributed by atoms with Crippen LogP contribution in [0.5, 0.6) is 0 Å². The third kappa shape index (κ3) is 3.88. The minimum absolute atomic E-state index is 0.222. The molecule has 0 saturated carbocycles. The van der Waals surface area contributed by atoms with Crippen molar-refractivity contribution in [1.82, 2.24) is 9.80 Å². The number of piperazine rings is 1. The number of amides is 1. The average molecular weight is 279 g/mol. The molecule has 0 radical (unpaired) electrons. The molecule has 1 aromatic carbocycles. The molecule has 1 fully saturated rings. The van der Waals surface area contributed by atoms with Crippen molar-refractivity contribution in [3.63, 3.8) is 0 Å². The maximum Gasteiger partial charge on any atom is 0.233 e. The number of benzene rings is 1. The maximum absolute atomic E-state index is 12.1. The van der Waals surface area contributed by atoms with Crippen LogP contribution in [0.3, 0.4) is 0 Å². The Kier molecular flexibility index (Phi) is 4.71. The van der Waals surface area contributed by atoms with Gasteiger partial charge in [-0.1, -0.05) is 6.07 Å². The molecule has 0 atom stereocenters. The first-order valence-corrected chi connectivity index (χ1v) is 7.50. The lowest BCUT2D eigenvalue weighted by molar-refractivity contribution is -0.129. The van der Waals surface area contributed by atoms with Crippen LogP contribution < -0.4 is 5.73 Å². The van der Waals surface area contributed by atoms with Crippen LogP contribution >= 0.6 is 11.8 Å². The molecule has 4 nitrogen and oxygen atoms in total. The highest BCUT2D eigenvalue weighted by molar-refractivity contribution is 8.00. The van der Waals surface area contributed by atoms with Crippen molar-refractivity contribution in [3.8, 4) is 0 Å². The van der Waals surface area contributed by atoms with Crippen LogP contribution in [0.2, 0.25) is 0 Å². The van der Waals surface area contributed by atoms with Gasteiger partial charge < -0.3 is 15.5 Å². The molecule has 1 aromatic rings. The summed E-state index contributed by atoms with van der Waals surface area (Å²) in [6, 6.07) is 5.83. The molecule has 2 rings (SSSR count). The lowest BCUT2D eigenvalue weighted by Gasteiger charge is -2.32. The number of nitrogens with zero attached hydrogens (tertiary/aromatic N) is 2. The van der Waals surface area contributed by atoms with E-state index in [1.807, 2.05) is 30.0 Å². The Balaban J connectivity index is 1.88. The Morgan fingerprint density at radius 3 is 2.68 bits per heavy atom. The van der Waals surface area contributed by atoms with Gasteiger partial charge in [-0.3, -0.25) is 4.79 Å². The minimum atomic E-state index is 0.222. The van der Waals surface area contributed by atoms with Gasteiger partial charge in [-0.05, 0) is 31.7 Å². The van der Waals surface area contributed by atoms with Crippen LogP contribution in [0.15, 0.2) is 23.1 Å². The monoisotopic (exact) mass is 279 g/mol. The summed E-state index contributed by atoms with van der Waals surface area (Å²) < 4.78 is 0. The standard InChI is InChI=1S/C14H21N3OS/c1-11-3-4-12(15)9-13(11)19-10-14(18)17-7-5-16(2)6-8-17/h3-4,9H,5-8,10,15H2,1-2H3. The number of carbonyl (C=O) groups excluding carboxylic acids is 1. The van der Waals surface area contributed by atoms with Crippen molar-refractivity contribution in [2.45, 2.75) is 11.8 Å². The molecule has 1 heterocycles. The number of nitrogen functional groups attached to an aromatic ring is 1. The summed E-state index contributed by atoms with van der Waals surface area (Å²) in [6.07, 6.45) is 0. The van der Waals surface area contributed by atoms with Crippen molar-refractivity contribution in [1.29, 1.82) is 0 Å². The second-order valence-electron chi connectivity index (χ2n) is 5.00. The fourth-order valence-corrected chi connectivity index (χ4v) is 3.04. The molecule has 1 saturated heterocycles. The number of anilines is 1. The fraction of sp³-hybridized carbons (Fsp3) is 0.500. The van der Waals surface area contributed by atoms with Crippen molar-refractivity contribution < 1.29 is 4.79 Å². The predicted octanol–water partition coefficient (Wildman–Crippen LogP) is 1.44. The zero-order valence-electron chi connectivity index (χ0n) is 11.6. The zero-order chi connectivity index (χ0) is 13.8. The Bertz CT molecular complexity index is 456. The molecule has 104 valence electrons. The number of hydrogen-bond acceptors (Lipinski definition) is 4. The fourth-order valence-electron chi connectivity index (χ4n) is 2.06. The summed E-state index contributed by atoms with van der Waals surface area (Å²) in [5.74, 6) is 0.716. The molecule has 1 amide bonds. The summed E-state index contributed by atoms with van der Waals surface area (Å²) in [7, 11) is 2.09. The SMILES string of the molecule is Cc1ccc(N)cc1SCC(=O)N1CCN(C)CC1. The van der Waals surface area contributed by atoms with Crippen LogP contribution in [0.25, 0.3) is 0 Å². The summed E-state index contributed by atoms with van der Waals surface area (Å²) in [4.78, 5) is 17.4. The summed E-state index contributed by atoms with van der Waals surface area (Å²) in [6.45, 7) is 5.65. The summed E-state index contributed by atoms with van der Waals surface area (Å²) >= 11 is 1.58. The number of aryl methyl sites for hydroxylation is 1. The van der Waals surface area contributed by atoms with E-state index in [0.29, 0.717) is 5.75 Å². The Morgan fingerprint density at radius 2 is 2.00 bits per heavy atom. The average Bonchev–Trinajstić information content (AvgIpc) is 2.40. The number of carbonyl (C=O) groups is 1. The zero-order valence-corrected chi connectivity index (χ0v) is 12.4. The maximum atomic E-state index is 12.1. The van der Waals surface area contributed by atoms with E-state index in [2.05, 4.69) is 11.9 Å². The molecule has 0 unspecified atom stereocenters. The number of likely N-dealkylation sites (N-methyl/N-ethyl adjacent to an activating group) is 1. The van der Waals surface area contributed by atoms with E-state index >= 15 is 0 Å². The van der Waals surface area contributed by atoms with Gasteiger partial charge in [0.15, 0.2) is 0 Å². The molecule has 1 aliphatic heterocycles. The van der Waals surface area contributed by atoms with Crippen LogP contribution in [0, 0.1) is 6.92 Å². The van der Waals surface area contributed by atoms with Gasteiger partial charge in [0, 0.05) is 36.8 Å². The Hall–Kier alpha value is -1.20. The van der Waals surface area contributed by atoms with Gasteiger partial charge in [0.05, 0.1) is 5.75 Å². The first kappa shape index (κ1) is 14.2. The van der Waals surface area contributed by atoms with Gasteiger partial charge in [0.1, 0.15) is 0 Å². The van der Waals surface area contributed by atoms with E-state index < -0.39 is 0 Å². The van der Waals surface area contributed by atoms with E-state index in [1.165, 1.54) is 5.56 Å². The van der Waals surface area contributed by atoms with Gasteiger partial charge in [-0.25, -0.2) is 0 Å². The third-order valence-electron chi connectivity index (χ3n) is 3.42. The van der Waals surface area contributed by atoms with Crippen LogP contribution in [-0.4, -0.2) is 54.7 Å². The van der Waals surface area contributed by atoms with Crippen LogP contribution in [0.4, 0.5) is 5.69 Å². The predicted molar refractivity (Wildman–Crippen MR) is 80.4 cm³/mol. The Labute approximate surface area is 118 Å². The second kappa shape index (κ2) is 6.30. The molecule has 2 N–H and O–H groups in total. The molecule has 1 aliphatic rings. The lowest BCUT2D eigenvalue weighted by atomic mass is 10.2. The van der Waals surface area contributed by atoms with Crippen molar-refractivity contribution in [3.05, 3.63) is 23.8 Å². The van der Waals surface area contributed by atoms with E-state index in [-0.39, 0.29) is 5.91 Å². The van der Waals surface area contributed by atoms with Gasteiger partial charge in [-0.15, -0.1) is 11.8 Å². The highest BCUT2D eigenvalue weighted by Gasteiger charge is 2.19. The van der Waals surface area contributed by atoms with Crippen molar-refractivity contribution in [2.75, 3.05) is 44.7 Å². The van der Waals surface area contributed by atoms with E-state index in [9.17, 15) is 4.79 Å². The number of nitrogens with two attached hydrogens (primary N) is 1. The molecule has 19 heavy (non-hydrogen) atoms. The number of thioether (sulfide) groups is 1. The first-order valence-electron chi connectivity index (χ1n) is 6.51. The Morgan fingerprint density at radius 1 is 1.32 bits per heavy atom. The smallest absolute Gasteiger partial charge is 0.233 e. The molecular formula is C14H21N3OS.